The van der Waals surface area contributed by atoms with Gasteiger partial charge in [-0.25, -0.2) is 9.59 Å². The summed E-state index contributed by atoms with van der Waals surface area (Å²) >= 11 is 0. The molecule has 1 heterocycles. The van der Waals surface area contributed by atoms with Gasteiger partial charge in [-0.1, -0.05) is 24.3 Å². The van der Waals surface area contributed by atoms with Crippen LogP contribution in [0, 0.1) is 0 Å². The summed E-state index contributed by atoms with van der Waals surface area (Å²) < 4.78 is 14.1. The van der Waals surface area contributed by atoms with Crippen molar-refractivity contribution in [2.24, 2.45) is 0 Å². The van der Waals surface area contributed by atoms with Gasteiger partial charge in [-0.3, -0.25) is 0 Å². The molecule has 2 aromatic rings. The van der Waals surface area contributed by atoms with Crippen molar-refractivity contribution in [3.05, 3.63) is 36.4 Å². The number of carbonyl (C=O) groups excluding carboxylic acids is 2. The lowest BCUT2D eigenvalue weighted by Crippen LogP contribution is -2.21. The lowest BCUT2D eigenvalue weighted by atomic mass is 10.1. The van der Waals surface area contributed by atoms with Crippen LogP contribution in [-0.2, 0) is 4.74 Å². The Morgan fingerprint density at radius 1 is 0.706 bits per heavy atom. The number of carbonyl (C=O) groups is 2. The van der Waals surface area contributed by atoms with E-state index in [2.05, 4.69) is 4.74 Å². The standard InChI is InChI=1S/C12H6O5/c13-11-15-8-5-1-3-7-4-2-6-9(10(7)8)16-12(14)17-11/h1-6H. The zero-order chi connectivity index (χ0) is 11.8. The monoisotopic (exact) mass is 230 g/mol. The Kier molecular flexibility index (Phi) is 1.98. The van der Waals surface area contributed by atoms with E-state index in [9.17, 15) is 9.59 Å². The van der Waals surface area contributed by atoms with Crippen LogP contribution in [-0.4, -0.2) is 12.3 Å². The average molecular weight is 230 g/mol. The van der Waals surface area contributed by atoms with Crippen molar-refractivity contribution in [1.29, 1.82) is 0 Å². The van der Waals surface area contributed by atoms with Crippen LogP contribution in [0.25, 0.3) is 10.8 Å². The molecule has 84 valence electrons. The van der Waals surface area contributed by atoms with E-state index in [0.717, 1.165) is 5.39 Å². The van der Waals surface area contributed by atoms with Crippen LogP contribution in [0.3, 0.4) is 0 Å². The van der Waals surface area contributed by atoms with E-state index in [4.69, 9.17) is 9.47 Å². The van der Waals surface area contributed by atoms with E-state index in [0.29, 0.717) is 16.9 Å². The second kappa shape index (κ2) is 3.48. The fraction of sp³-hybridized carbons (Fsp3) is 0. The molecule has 0 aromatic heterocycles. The summed E-state index contributed by atoms with van der Waals surface area (Å²) in [6.45, 7) is 0. The van der Waals surface area contributed by atoms with E-state index in [1.165, 1.54) is 0 Å². The molecule has 3 rings (SSSR count). The minimum Gasteiger partial charge on any atom is -0.394 e. The number of benzene rings is 2. The van der Waals surface area contributed by atoms with Crippen LogP contribution < -0.4 is 9.47 Å². The van der Waals surface area contributed by atoms with Gasteiger partial charge < -0.3 is 14.2 Å². The van der Waals surface area contributed by atoms with Crippen molar-refractivity contribution in [3.8, 4) is 11.5 Å². The van der Waals surface area contributed by atoms with Crippen LogP contribution in [0.15, 0.2) is 36.4 Å². The van der Waals surface area contributed by atoms with Gasteiger partial charge in [0.1, 0.15) is 11.5 Å². The predicted octanol–water partition coefficient (Wildman–Crippen LogP) is 2.87. The van der Waals surface area contributed by atoms with Gasteiger partial charge in [0, 0.05) is 0 Å². The molecule has 0 radical (unpaired) electrons. The summed E-state index contributed by atoms with van der Waals surface area (Å²) in [7, 11) is 0. The molecule has 0 saturated heterocycles. The highest BCUT2D eigenvalue weighted by atomic mass is 16.8. The fourth-order valence-corrected chi connectivity index (χ4v) is 1.73. The van der Waals surface area contributed by atoms with Gasteiger partial charge in [-0.05, 0) is 17.5 Å². The summed E-state index contributed by atoms with van der Waals surface area (Å²) in [6.07, 6.45) is -2.20. The third-order valence-corrected chi connectivity index (χ3v) is 2.38. The van der Waals surface area contributed by atoms with Gasteiger partial charge in [-0.15, -0.1) is 0 Å². The summed E-state index contributed by atoms with van der Waals surface area (Å²) in [5, 5.41) is 1.38. The molecule has 0 fully saturated rings. The topological polar surface area (TPSA) is 61.8 Å². The summed E-state index contributed by atoms with van der Waals surface area (Å²) in [6, 6.07) is 10.3. The van der Waals surface area contributed by atoms with E-state index in [1.807, 2.05) is 12.1 Å². The largest absolute Gasteiger partial charge is 0.524 e. The van der Waals surface area contributed by atoms with Crippen LogP contribution in [0.1, 0.15) is 0 Å². The molecule has 0 atom stereocenters. The number of rotatable bonds is 0. The van der Waals surface area contributed by atoms with Crippen molar-refractivity contribution in [1.82, 2.24) is 0 Å². The Morgan fingerprint density at radius 3 is 1.76 bits per heavy atom. The Hall–Kier alpha value is -2.56. The summed E-state index contributed by atoms with van der Waals surface area (Å²) in [5.41, 5.74) is 0. The highest BCUT2D eigenvalue weighted by Gasteiger charge is 2.22. The molecule has 0 saturated carbocycles. The van der Waals surface area contributed by atoms with E-state index < -0.39 is 12.3 Å². The molecule has 1 aliphatic rings. The third kappa shape index (κ3) is 1.57. The first-order valence-electron chi connectivity index (χ1n) is 4.87. The molecule has 0 aliphatic carbocycles. The summed E-state index contributed by atoms with van der Waals surface area (Å²) in [4.78, 5) is 22.3. The molecule has 2 aromatic carbocycles. The molecule has 5 heteroatoms. The molecule has 1 aliphatic heterocycles. The number of hydrogen-bond donors (Lipinski definition) is 0. The Bertz CT molecular complexity index is 581. The highest BCUT2D eigenvalue weighted by Crippen LogP contribution is 2.35. The predicted molar refractivity (Wildman–Crippen MR) is 57.1 cm³/mol. The maximum absolute atomic E-state index is 11.2. The maximum Gasteiger partial charge on any atom is 0.524 e. The van der Waals surface area contributed by atoms with Gasteiger partial charge >= 0.3 is 12.3 Å². The molecule has 17 heavy (non-hydrogen) atoms. The molecule has 5 nitrogen and oxygen atoms in total. The molecular weight excluding hydrogens is 224 g/mol. The van der Waals surface area contributed by atoms with Crippen molar-refractivity contribution in [3.63, 3.8) is 0 Å². The maximum atomic E-state index is 11.2. The number of cyclic esters (lactones) is 2. The zero-order valence-corrected chi connectivity index (χ0v) is 8.51. The molecular formula is C12H6O5. The lowest BCUT2D eigenvalue weighted by molar-refractivity contribution is 0.0880. The van der Waals surface area contributed by atoms with E-state index >= 15 is 0 Å². The van der Waals surface area contributed by atoms with E-state index in [-0.39, 0.29) is 0 Å². The second-order valence-corrected chi connectivity index (χ2v) is 3.42. The minimum atomic E-state index is -1.10. The quantitative estimate of drug-likeness (QED) is 0.395. The smallest absolute Gasteiger partial charge is 0.394 e. The SMILES string of the molecule is O=C1OC(=O)Oc2cccc3cccc(c23)O1. The highest BCUT2D eigenvalue weighted by molar-refractivity contribution is 5.97. The Morgan fingerprint density at radius 2 is 1.24 bits per heavy atom. The van der Waals surface area contributed by atoms with Crippen molar-refractivity contribution >= 4 is 23.1 Å². The van der Waals surface area contributed by atoms with Gasteiger partial charge in [0.05, 0.1) is 5.39 Å². The van der Waals surface area contributed by atoms with Crippen LogP contribution >= 0.6 is 0 Å². The first-order valence-corrected chi connectivity index (χ1v) is 4.87. The van der Waals surface area contributed by atoms with Gasteiger partial charge in [-0.2, -0.15) is 0 Å². The molecule has 0 spiro atoms. The van der Waals surface area contributed by atoms with E-state index in [1.54, 1.807) is 24.3 Å². The molecule has 0 unspecified atom stereocenters. The Balaban J connectivity index is 2.33. The summed E-state index contributed by atoms with van der Waals surface area (Å²) in [5.74, 6) is 0.603. The van der Waals surface area contributed by atoms with Crippen molar-refractivity contribution < 1.29 is 23.8 Å². The Labute approximate surface area is 95.5 Å². The minimum absolute atomic E-state index is 0.301. The normalized spacial score (nSPS) is 14.4. The fourth-order valence-electron chi connectivity index (χ4n) is 1.73. The third-order valence-electron chi connectivity index (χ3n) is 2.38. The van der Waals surface area contributed by atoms with Gasteiger partial charge in [0.2, 0.25) is 0 Å². The average Bonchev–Trinajstić information content (AvgIpc) is 2.27. The van der Waals surface area contributed by atoms with Gasteiger partial charge in [0.25, 0.3) is 0 Å². The van der Waals surface area contributed by atoms with Gasteiger partial charge in [0.15, 0.2) is 0 Å². The molecule has 0 bridgehead atoms. The number of hydrogen-bond acceptors (Lipinski definition) is 5. The second-order valence-electron chi connectivity index (χ2n) is 3.42. The molecule has 0 N–H and O–H groups in total. The molecule has 0 amide bonds. The van der Waals surface area contributed by atoms with Crippen molar-refractivity contribution in [2.75, 3.05) is 0 Å². The first-order chi connectivity index (χ1) is 8.24. The lowest BCUT2D eigenvalue weighted by Gasteiger charge is -2.14. The van der Waals surface area contributed by atoms with Crippen molar-refractivity contribution in [2.45, 2.75) is 0 Å². The van der Waals surface area contributed by atoms with Crippen LogP contribution in [0.2, 0.25) is 0 Å². The first kappa shape index (κ1) is 9.65. The zero-order valence-electron chi connectivity index (χ0n) is 8.51. The van der Waals surface area contributed by atoms with Crippen LogP contribution in [0.5, 0.6) is 11.5 Å². The van der Waals surface area contributed by atoms with Crippen LogP contribution in [0.4, 0.5) is 9.59 Å². The number of ether oxygens (including phenoxy) is 3.